The highest BCUT2D eigenvalue weighted by atomic mass is 35.5. The summed E-state index contributed by atoms with van der Waals surface area (Å²) in [6.07, 6.45) is 2.05. The summed E-state index contributed by atoms with van der Waals surface area (Å²) in [6.45, 7) is 5.28. The maximum Gasteiger partial charge on any atom is 0.0595 e. The van der Waals surface area contributed by atoms with Crippen LogP contribution in [0.3, 0.4) is 0 Å². The summed E-state index contributed by atoms with van der Waals surface area (Å²) in [5.41, 5.74) is 3.94. The first-order valence-electron chi connectivity index (χ1n) is 7.34. The fourth-order valence-corrected chi connectivity index (χ4v) is 2.81. The van der Waals surface area contributed by atoms with Crippen LogP contribution < -0.4 is 5.32 Å². The number of rotatable bonds is 6. The lowest BCUT2D eigenvalue weighted by molar-refractivity contribution is 0.522. The van der Waals surface area contributed by atoms with Gasteiger partial charge in [-0.05, 0) is 55.1 Å². The molecule has 0 aliphatic rings. The molecule has 1 atom stereocenters. The highest BCUT2D eigenvalue weighted by Crippen LogP contribution is 2.26. The van der Waals surface area contributed by atoms with Gasteiger partial charge in [0.25, 0.3) is 0 Å². The molecule has 21 heavy (non-hydrogen) atoms. The molecule has 0 heterocycles. The van der Waals surface area contributed by atoms with Crippen molar-refractivity contribution < 1.29 is 0 Å². The van der Waals surface area contributed by atoms with Gasteiger partial charge in [0.05, 0.1) is 10.0 Å². The van der Waals surface area contributed by atoms with Crippen LogP contribution in [0.25, 0.3) is 0 Å². The predicted octanol–water partition coefficient (Wildman–Crippen LogP) is 5.59. The van der Waals surface area contributed by atoms with E-state index in [2.05, 4.69) is 43.4 Å². The quantitative estimate of drug-likeness (QED) is 0.731. The molecule has 0 radical (unpaired) electrons. The van der Waals surface area contributed by atoms with Crippen molar-refractivity contribution in [3.05, 3.63) is 69.2 Å². The molecule has 1 N–H and O–H groups in total. The Hall–Kier alpha value is -1.02. The molecule has 0 saturated carbocycles. The van der Waals surface area contributed by atoms with Gasteiger partial charge in [-0.3, -0.25) is 0 Å². The lowest BCUT2D eigenvalue weighted by Crippen LogP contribution is -2.23. The molecule has 112 valence electrons. The first kappa shape index (κ1) is 16.4. The number of halogens is 2. The van der Waals surface area contributed by atoms with Gasteiger partial charge in [-0.1, -0.05) is 60.5 Å². The van der Waals surface area contributed by atoms with Crippen molar-refractivity contribution >= 4 is 23.2 Å². The lowest BCUT2D eigenvalue weighted by Gasteiger charge is -2.18. The van der Waals surface area contributed by atoms with Crippen molar-refractivity contribution in [1.82, 2.24) is 5.32 Å². The Morgan fingerprint density at radius 1 is 1.05 bits per heavy atom. The molecule has 2 aromatic carbocycles. The molecular formula is C18H21Cl2N. The first-order chi connectivity index (χ1) is 10.1. The summed E-state index contributed by atoms with van der Waals surface area (Å²) in [7, 11) is 0. The first-order valence-corrected chi connectivity index (χ1v) is 8.10. The van der Waals surface area contributed by atoms with E-state index in [-0.39, 0.29) is 0 Å². The van der Waals surface area contributed by atoms with Crippen molar-refractivity contribution in [2.45, 2.75) is 32.7 Å². The van der Waals surface area contributed by atoms with Gasteiger partial charge in [0.15, 0.2) is 0 Å². The third-order valence-corrected chi connectivity index (χ3v) is 4.54. The van der Waals surface area contributed by atoms with E-state index in [9.17, 15) is 0 Å². The fourth-order valence-electron chi connectivity index (χ4n) is 2.50. The maximum atomic E-state index is 6.11. The number of hydrogen-bond donors (Lipinski definition) is 1. The molecule has 0 amide bonds. The lowest BCUT2D eigenvalue weighted by atomic mass is 10.0. The Bertz CT molecular complexity index is 596. The molecular weight excluding hydrogens is 301 g/mol. The van der Waals surface area contributed by atoms with Gasteiger partial charge in [0, 0.05) is 6.04 Å². The van der Waals surface area contributed by atoms with Crippen molar-refractivity contribution in [3.63, 3.8) is 0 Å². The van der Waals surface area contributed by atoms with Gasteiger partial charge in [-0.25, -0.2) is 0 Å². The zero-order valence-electron chi connectivity index (χ0n) is 12.5. The average Bonchev–Trinajstić information content (AvgIpc) is 2.48. The Balaban J connectivity index is 1.96. The molecule has 0 bridgehead atoms. The monoisotopic (exact) mass is 321 g/mol. The minimum absolute atomic E-state index is 0.309. The van der Waals surface area contributed by atoms with Gasteiger partial charge >= 0.3 is 0 Å². The molecule has 0 aromatic heterocycles. The number of aryl methyl sites for hydroxylation is 1. The normalized spacial score (nSPS) is 12.4. The van der Waals surface area contributed by atoms with E-state index >= 15 is 0 Å². The summed E-state index contributed by atoms with van der Waals surface area (Å²) in [5, 5.41) is 4.83. The number of benzene rings is 2. The van der Waals surface area contributed by atoms with Crippen molar-refractivity contribution in [3.8, 4) is 0 Å². The van der Waals surface area contributed by atoms with Crippen molar-refractivity contribution in [2.75, 3.05) is 6.54 Å². The van der Waals surface area contributed by atoms with Crippen LogP contribution in [-0.4, -0.2) is 6.54 Å². The second kappa shape index (κ2) is 7.84. The van der Waals surface area contributed by atoms with Gasteiger partial charge in [-0.2, -0.15) is 0 Å². The molecule has 2 rings (SSSR count). The fraction of sp³-hybridized carbons (Fsp3) is 0.333. The third-order valence-electron chi connectivity index (χ3n) is 3.80. The van der Waals surface area contributed by atoms with Crippen LogP contribution in [0, 0.1) is 6.92 Å². The van der Waals surface area contributed by atoms with E-state index in [0.29, 0.717) is 16.1 Å². The van der Waals surface area contributed by atoms with Gasteiger partial charge in [0.2, 0.25) is 0 Å². The third kappa shape index (κ3) is 4.47. The zero-order chi connectivity index (χ0) is 15.2. The van der Waals surface area contributed by atoms with Crippen LogP contribution in [0.4, 0.5) is 0 Å². The molecule has 0 spiro atoms. The largest absolute Gasteiger partial charge is 0.310 e. The van der Waals surface area contributed by atoms with E-state index in [1.807, 2.05) is 18.2 Å². The predicted molar refractivity (Wildman–Crippen MR) is 92.4 cm³/mol. The highest BCUT2D eigenvalue weighted by molar-refractivity contribution is 6.42. The van der Waals surface area contributed by atoms with Gasteiger partial charge in [-0.15, -0.1) is 0 Å². The second-order valence-electron chi connectivity index (χ2n) is 5.26. The molecule has 0 aliphatic carbocycles. The van der Waals surface area contributed by atoms with Crippen LogP contribution in [-0.2, 0) is 6.42 Å². The highest BCUT2D eigenvalue weighted by Gasteiger charge is 2.10. The Morgan fingerprint density at radius 3 is 2.48 bits per heavy atom. The summed E-state index contributed by atoms with van der Waals surface area (Å²) in [5.74, 6) is 0. The number of nitrogens with one attached hydrogen (secondary N) is 1. The molecule has 1 unspecified atom stereocenters. The van der Waals surface area contributed by atoms with Crippen LogP contribution in [0.2, 0.25) is 10.0 Å². The van der Waals surface area contributed by atoms with E-state index in [1.165, 1.54) is 16.7 Å². The zero-order valence-corrected chi connectivity index (χ0v) is 14.0. The van der Waals surface area contributed by atoms with Crippen LogP contribution in [0.15, 0.2) is 42.5 Å². The molecule has 0 fully saturated rings. The van der Waals surface area contributed by atoms with Gasteiger partial charge in [0.1, 0.15) is 0 Å². The van der Waals surface area contributed by atoms with E-state index < -0.39 is 0 Å². The maximum absolute atomic E-state index is 6.11. The molecule has 2 aromatic rings. The van der Waals surface area contributed by atoms with E-state index in [1.54, 1.807) is 0 Å². The summed E-state index contributed by atoms with van der Waals surface area (Å²) >= 11 is 12.1. The molecule has 0 aliphatic heterocycles. The summed E-state index contributed by atoms with van der Waals surface area (Å²) < 4.78 is 0. The van der Waals surface area contributed by atoms with Gasteiger partial charge < -0.3 is 5.32 Å². The van der Waals surface area contributed by atoms with Crippen molar-refractivity contribution in [2.24, 2.45) is 0 Å². The van der Waals surface area contributed by atoms with Crippen molar-refractivity contribution in [1.29, 1.82) is 0 Å². The van der Waals surface area contributed by atoms with Crippen LogP contribution >= 0.6 is 23.2 Å². The average molecular weight is 322 g/mol. The van der Waals surface area contributed by atoms with Crippen LogP contribution in [0.5, 0.6) is 0 Å². The summed E-state index contributed by atoms with van der Waals surface area (Å²) in [4.78, 5) is 0. The van der Waals surface area contributed by atoms with E-state index in [4.69, 9.17) is 23.2 Å². The second-order valence-corrected chi connectivity index (χ2v) is 6.08. The van der Waals surface area contributed by atoms with Crippen LogP contribution in [0.1, 0.15) is 36.1 Å². The molecule has 0 saturated heterocycles. The minimum atomic E-state index is 0.309. The minimum Gasteiger partial charge on any atom is -0.310 e. The van der Waals surface area contributed by atoms with E-state index in [0.717, 1.165) is 19.4 Å². The Labute approximate surface area is 137 Å². The molecule has 1 nitrogen and oxygen atoms in total. The Morgan fingerprint density at radius 2 is 1.81 bits per heavy atom. The standard InChI is InChI=1S/C18H21Cl2N/c1-3-18(15-8-9-16(19)17(20)12-15)21-11-10-14-7-5-4-6-13(14)2/h4-9,12,18,21H,3,10-11H2,1-2H3. The smallest absolute Gasteiger partial charge is 0.0595 e. The molecule has 3 heteroatoms. The summed E-state index contributed by atoms with van der Waals surface area (Å²) in [6, 6.07) is 14.7. The Kier molecular flexibility index (Phi) is 6.10. The SMILES string of the molecule is CCC(NCCc1ccccc1C)c1ccc(Cl)c(Cl)c1. The topological polar surface area (TPSA) is 12.0 Å². The number of hydrogen-bond acceptors (Lipinski definition) is 1.